The van der Waals surface area contributed by atoms with Gasteiger partial charge in [-0.2, -0.15) is 0 Å². The number of aliphatic hydroxyl groups excluding tert-OH is 2. The normalized spacial score (nSPS) is 13.2. The van der Waals surface area contributed by atoms with Crippen LogP contribution in [0.25, 0.3) is 0 Å². The summed E-state index contributed by atoms with van der Waals surface area (Å²) in [4.78, 5) is 22.3. The van der Waals surface area contributed by atoms with Gasteiger partial charge in [-0.1, -0.05) is 0 Å². The first-order valence-electron chi connectivity index (χ1n) is 5.63. The van der Waals surface area contributed by atoms with E-state index in [1.165, 1.54) is 0 Å². The number of aliphatic carboxylic acids is 1. The van der Waals surface area contributed by atoms with Crippen molar-refractivity contribution in [3.63, 3.8) is 0 Å². The average Bonchev–Trinajstić information content (AvgIpc) is 2.21. The number of carbonyl (C=O) groups excluding carboxylic acids is 1. The number of carboxylic acids is 1. The number of hydrogen-bond donors (Lipinski definition) is 4. The topological polar surface area (TPSA) is 116 Å². The minimum atomic E-state index is -1.24. The van der Waals surface area contributed by atoms with Crippen molar-refractivity contribution in [2.75, 3.05) is 13.2 Å². The van der Waals surface area contributed by atoms with Gasteiger partial charge in [0.05, 0.1) is 0 Å². The van der Waals surface area contributed by atoms with Crippen LogP contribution in [0.5, 0.6) is 0 Å². The summed E-state index contributed by atoms with van der Waals surface area (Å²) < 4.78 is 4.93. The molecule has 1 atom stereocenters. The largest absolute Gasteiger partial charge is 0.480 e. The van der Waals surface area contributed by atoms with Crippen LogP contribution in [0.2, 0.25) is 0 Å². The lowest BCUT2D eigenvalue weighted by atomic mass is 10.0. The first-order valence-corrected chi connectivity index (χ1v) is 5.63. The van der Waals surface area contributed by atoms with Crippen molar-refractivity contribution in [3.05, 3.63) is 0 Å². The van der Waals surface area contributed by atoms with E-state index in [0.29, 0.717) is 0 Å². The maximum absolute atomic E-state index is 11.4. The molecule has 0 rings (SSSR count). The highest BCUT2D eigenvalue weighted by atomic mass is 16.6. The summed E-state index contributed by atoms with van der Waals surface area (Å²) in [6.07, 6.45) is -0.911. The molecule has 4 N–H and O–H groups in total. The molecular weight excluding hydrogens is 242 g/mol. The Balaban J connectivity index is 4.45. The molecule has 0 aromatic carbocycles. The minimum Gasteiger partial charge on any atom is -0.480 e. The van der Waals surface area contributed by atoms with Crippen molar-refractivity contribution >= 4 is 12.1 Å². The van der Waals surface area contributed by atoms with E-state index in [0.717, 1.165) is 0 Å². The quantitative estimate of drug-likeness (QED) is 0.534. The van der Waals surface area contributed by atoms with Crippen LogP contribution in [0.4, 0.5) is 4.79 Å². The van der Waals surface area contributed by atoms with Gasteiger partial charge in [0.25, 0.3) is 0 Å². The van der Waals surface area contributed by atoms with Gasteiger partial charge >= 0.3 is 12.1 Å². The second-order valence-corrected chi connectivity index (χ2v) is 5.00. The van der Waals surface area contributed by atoms with Crippen molar-refractivity contribution in [2.24, 2.45) is 5.92 Å². The van der Waals surface area contributed by atoms with Crippen molar-refractivity contribution in [3.8, 4) is 0 Å². The highest BCUT2D eigenvalue weighted by Gasteiger charge is 2.26. The molecule has 1 amide bonds. The third-order valence-corrected chi connectivity index (χ3v) is 2.07. The lowest BCUT2D eigenvalue weighted by Crippen LogP contribution is -2.45. The van der Waals surface area contributed by atoms with Crippen LogP contribution in [0.1, 0.15) is 27.2 Å². The summed E-state index contributed by atoms with van der Waals surface area (Å²) in [6.45, 7) is 4.28. The molecule has 7 nitrogen and oxygen atoms in total. The number of carbonyl (C=O) groups is 2. The Hall–Kier alpha value is -1.34. The Morgan fingerprint density at radius 3 is 2.06 bits per heavy atom. The second kappa shape index (κ2) is 7.17. The van der Waals surface area contributed by atoms with Crippen LogP contribution < -0.4 is 5.32 Å². The number of ether oxygens (including phenoxy) is 1. The summed E-state index contributed by atoms with van der Waals surface area (Å²) in [5.41, 5.74) is -0.722. The molecule has 0 aliphatic heterocycles. The Morgan fingerprint density at radius 2 is 1.72 bits per heavy atom. The van der Waals surface area contributed by atoms with E-state index >= 15 is 0 Å². The molecule has 0 bridgehead atoms. The number of aliphatic hydroxyl groups is 2. The molecule has 0 aromatic rings. The van der Waals surface area contributed by atoms with Gasteiger partial charge in [-0.05, 0) is 27.2 Å². The van der Waals surface area contributed by atoms with E-state index in [4.69, 9.17) is 20.1 Å². The molecule has 18 heavy (non-hydrogen) atoms. The van der Waals surface area contributed by atoms with Crippen molar-refractivity contribution in [2.45, 2.75) is 38.8 Å². The number of carboxylic acid groups (broad SMARTS) is 1. The van der Waals surface area contributed by atoms with Gasteiger partial charge in [-0.15, -0.1) is 0 Å². The minimum absolute atomic E-state index is 0.0679. The van der Waals surface area contributed by atoms with Crippen LogP contribution in [0.15, 0.2) is 0 Å². The smallest absolute Gasteiger partial charge is 0.408 e. The Kier molecular flexibility index (Phi) is 6.64. The van der Waals surface area contributed by atoms with Crippen LogP contribution in [0, 0.1) is 5.92 Å². The van der Waals surface area contributed by atoms with Gasteiger partial charge in [-0.3, -0.25) is 0 Å². The first-order chi connectivity index (χ1) is 8.19. The number of nitrogens with one attached hydrogen (secondary N) is 1. The van der Waals surface area contributed by atoms with Gasteiger partial charge in [0.15, 0.2) is 0 Å². The number of rotatable bonds is 6. The zero-order valence-electron chi connectivity index (χ0n) is 10.8. The zero-order chi connectivity index (χ0) is 14.3. The van der Waals surface area contributed by atoms with E-state index in [9.17, 15) is 9.59 Å². The molecular formula is C11H21NO6. The van der Waals surface area contributed by atoms with Gasteiger partial charge in [0.2, 0.25) is 0 Å². The average molecular weight is 263 g/mol. The SMILES string of the molecule is CC(C)(C)OC(=O)N[C@@H](CC(CO)CO)C(=O)O. The fraction of sp³-hybridized carbons (Fsp3) is 0.818. The highest BCUT2D eigenvalue weighted by Crippen LogP contribution is 2.09. The van der Waals surface area contributed by atoms with E-state index in [1.54, 1.807) is 20.8 Å². The molecule has 7 heteroatoms. The molecule has 0 aliphatic rings. The summed E-state index contributed by atoms with van der Waals surface area (Å²) >= 11 is 0. The van der Waals surface area contributed by atoms with Crippen molar-refractivity contribution in [1.82, 2.24) is 5.32 Å². The molecule has 0 aromatic heterocycles. The van der Waals surface area contributed by atoms with Gasteiger partial charge in [0.1, 0.15) is 11.6 Å². The van der Waals surface area contributed by atoms with E-state index in [1.807, 2.05) is 0 Å². The standard InChI is InChI=1S/C11H21NO6/c1-11(2,3)18-10(17)12-8(9(15)16)4-7(5-13)6-14/h7-8,13-14H,4-6H2,1-3H3,(H,12,17)(H,15,16)/t8-/m0/s1. The number of amides is 1. The second-order valence-electron chi connectivity index (χ2n) is 5.00. The number of hydrogen-bond acceptors (Lipinski definition) is 5. The summed E-state index contributed by atoms with van der Waals surface area (Å²) in [5.74, 6) is -1.84. The Labute approximate surface area is 106 Å². The van der Waals surface area contributed by atoms with Crippen molar-refractivity contribution < 1.29 is 29.6 Å². The highest BCUT2D eigenvalue weighted by molar-refractivity contribution is 5.80. The molecule has 0 saturated heterocycles. The van der Waals surface area contributed by atoms with Crippen LogP contribution in [-0.4, -0.2) is 52.2 Å². The fourth-order valence-electron chi connectivity index (χ4n) is 1.21. The lowest BCUT2D eigenvalue weighted by molar-refractivity contribution is -0.140. The number of alkyl carbamates (subject to hydrolysis) is 1. The third-order valence-electron chi connectivity index (χ3n) is 2.07. The molecule has 0 spiro atoms. The molecule has 0 heterocycles. The van der Waals surface area contributed by atoms with Crippen LogP contribution >= 0.6 is 0 Å². The monoisotopic (exact) mass is 263 g/mol. The summed E-state index contributed by atoms with van der Waals surface area (Å²) in [6, 6.07) is -1.20. The lowest BCUT2D eigenvalue weighted by Gasteiger charge is -2.23. The maximum atomic E-state index is 11.4. The molecule has 106 valence electrons. The maximum Gasteiger partial charge on any atom is 0.408 e. The Bertz CT molecular complexity index is 282. The molecule has 0 aliphatic carbocycles. The van der Waals surface area contributed by atoms with Crippen LogP contribution in [0.3, 0.4) is 0 Å². The van der Waals surface area contributed by atoms with Gasteiger partial charge in [0, 0.05) is 19.1 Å². The Morgan fingerprint density at radius 1 is 1.22 bits per heavy atom. The molecule has 0 unspecified atom stereocenters. The molecule has 0 fully saturated rings. The fourth-order valence-corrected chi connectivity index (χ4v) is 1.21. The van der Waals surface area contributed by atoms with Crippen molar-refractivity contribution in [1.29, 1.82) is 0 Å². The van der Waals surface area contributed by atoms with Gasteiger partial charge < -0.3 is 25.4 Å². The van der Waals surface area contributed by atoms with E-state index in [-0.39, 0.29) is 19.6 Å². The van der Waals surface area contributed by atoms with Gasteiger partial charge in [-0.25, -0.2) is 9.59 Å². The van der Waals surface area contributed by atoms with E-state index < -0.39 is 29.6 Å². The molecule has 0 saturated carbocycles. The van der Waals surface area contributed by atoms with Crippen LogP contribution in [-0.2, 0) is 9.53 Å². The van der Waals surface area contributed by atoms with E-state index in [2.05, 4.69) is 5.32 Å². The molecule has 0 radical (unpaired) electrons. The zero-order valence-corrected chi connectivity index (χ0v) is 10.8. The predicted octanol–water partition coefficient (Wildman–Crippen LogP) is -0.0448. The summed E-state index contributed by atoms with van der Waals surface area (Å²) in [5, 5.41) is 28.9. The third kappa shape index (κ3) is 7.08. The summed E-state index contributed by atoms with van der Waals surface area (Å²) in [7, 11) is 0. The predicted molar refractivity (Wildman–Crippen MR) is 63.1 cm³/mol. The first kappa shape index (κ1) is 16.7.